The van der Waals surface area contributed by atoms with Gasteiger partial charge in [0.05, 0.1) is 14.2 Å². The van der Waals surface area contributed by atoms with Crippen molar-refractivity contribution in [1.29, 1.82) is 0 Å². The van der Waals surface area contributed by atoms with E-state index in [4.69, 9.17) is 0 Å². The molecule has 0 aromatic rings. The Bertz CT molecular complexity index is 183. The van der Waals surface area contributed by atoms with E-state index in [0.717, 1.165) is 0 Å². The average molecular weight is 224 g/mol. The number of esters is 2. The van der Waals surface area contributed by atoms with E-state index in [1.807, 2.05) is 0 Å². The number of methoxy groups -OCH3 is 2. The second-order valence-electron chi connectivity index (χ2n) is 2.10. The highest BCUT2D eigenvalue weighted by Crippen LogP contribution is 2.27. The summed E-state index contributed by atoms with van der Waals surface area (Å²) in [6.07, 6.45) is 0. The van der Waals surface area contributed by atoms with Gasteiger partial charge in [0.1, 0.15) is 11.0 Å². The number of rotatable bonds is 5. The number of hydrogen-bond donors (Lipinski definition) is 0. The summed E-state index contributed by atoms with van der Waals surface area (Å²) < 4.78 is 8.94. The zero-order valence-electron chi connectivity index (χ0n) is 7.73. The van der Waals surface area contributed by atoms with Crippen molar-refractivity contribution in [3.63, 3.8) is 0 Å². The third-order valence-corrected chi connectivity index (χ3v) is 3.75. The van der Waals surface area contributed by atoms with Crippen molar-refractivity contribution >= 4 is 33.5 Å². The van der Waals surface area contributed by atoms with Gasteiger partial charge in [-0.1, -0.05) is 21.6 Å². The van der Waals surface area contributed by atoms with Crippen molar-refractivity contribution in [2.24, 2.45) is 0 Å². The molecule has 0 saturated heterocycles. The van der Waals surface area contributed by atoms with Gasteiger partial charge in [-0.05, 0) is 6.92 Å². The van der Waals surface area contributed by atoms with E-state index in [9.17, 15) is 9.59 Å². The van der Waals surface area contributed by atoms with Gasteiger partial charge in [-0.2, -0.15) is 0 Å². The summed E-state index contributed by atoms with van der Waals surface area (Å²) in [4.78, 5) is 21.5. The highest BCUT2D eigenvalue weighted by atomic mass is 33.1. The van der Waals surface area contributed by atoms with Crippen LogP contribution in [0.25, 0.3) is 0 Å². The molecule has 0 amide bonds. The maximum absolute atomic E-state index is 10.9. The fraction of sp³-hybridized carbons (Fsp3) is 0.714. The molecule has 0 saturated carbocycles. The molecule has 0 spiro atoms. The molecule has 0 aliphatic carbocycles. The molecule has 0 heterocycles. The zero-order valence-corrected chi connectivity index (χ0v) is 9.37. The van der Waals surface area contributed by atoms with Crippen LogP contribution in [-0.4, -0.2) is 37.2 Å². The molecule has 0 bridgehead atoms. The molecule has 0 aliphatic rings. The molecule has 4 nitrogen and oxygen atoms in total. The minimum Gasteiger partial charge on any atom is -0.468 e. The van der Waals surface area contributed by atoms with Crippen LogP contribution in [0.5, 0.6) is 0 Å². The summed E-state index contributed by atoms with van der Waals surface area (Å²) in [5.41, 5.74) is 0. The molecule has 6 heteroatoms. The quantitative estimate of drug-likeness (QED) is 0.515. The SMILES string of the molecule is COC(=O)CSSC(C)C(=O)OC. The van der Waals surface area contributed by atoms with Gasteiger partial charge < -0.3 is 9.47 Å². The summed E-state index contributed by atoms with van der Waals surface area (Å²) in [6.45, 7) is 1.72. The molecule has 1 unspecified atom stereocenters. The molecule has 0 aromatic heterocycles. The molecule has 0 N–H and O–H groups in total. The minimum atomic E-state index is -0.297. The van der Waals surface area contributed by atoms with E-state index in [2.05, 4.69) is 9.47 Å². The third kappa shape index (κ3) is 5.81. The minimum absolute atomic E-state index is 0.239. The van der Waals surface area contributed by atoms with Crippen molar-refractivity contribution in [3.05, 3.63) is 0 Å². The fourth-order valence-electron chi connectivity index (χ4n) is 0.448. The maximum Gasteiger partial charge on any atom is 0.319 e. The Morgan fingerprint density at radius 2 is 1.92 bits per heavy atom. The number of hydrogen-bond acceptors (Lipinski definition) is 6. The van der Waals surface area contributed by atoms with E-state index in [-0.39, 0.29) is 22.9 Å². The Hall–Kier alpha value is -0.360. The Morgan fingerprint density at radius 3 is 2.38 bits per heavy atom. The van der Waals surface area contributed by atoms with Gasteiger partial charge in [-0.25, -0.2) is 0 Å². The molecule has 1 atom stereocenters. The molecule has 13 heavy (non-hydrogen) atoms. The van der Waals surface area contributed by atoms with E-state index in [1.54, 1.807) is 6.92 Å². The summed E-state index contributed by atoms with van der Waals surface area (Å²) in [5.74, 6) is -0.348. The van der Waals surface area contributed by atoms with E-state index in [0.29, 0.717) is 0 Å². The van der Waals surface area contributed by atoms with Crippen LogP contribution in [0, 0.1) is 0 Å². The molecular weight excluding hydrogens is 212 g/mol. The highest BCUT2D eigenvalue weighted by molar-refractivity contribution is 8.77. The topological polar surface area (TPSA) is 52.6 Å². The van der Waals surface area contributed by atoms with Gasteiger partial charge in [0.25, 0.3) is 0 Å². The van der Waals surface area contributed by atoms with Gasteiger partial charge in [-0.3, -0.25) is 9.59 Å². The second-order valence-corrected chi connectivity index (χ2v) is 4.81. The normalized spacial score (nSPS) is 11.9. The lowest BCUT2D eigenvalue weighted by molar-refractivity contribution is -0.139. The Kier molecular flexibility index (Phi) is 6.89. The number of carbonyl (C=O) groups excluding carboxylic acids is 2. The predicted octanol–water partition coefficient (Wildman–Crippen LogP) is 1.10. The van der Waals surface area contributed by atoms with Gasteiger partial charge >= 0.3 is 11.9 Å². The predicted molar refractivity (Wildman–Crippen MR) is 53.5 cm³/mol. The van der Waals surface area contributed by atoms with Crippen LogP contribution in [0.15, 0.2) is 0 Å². The highest BCUT2D eigenvalue weighted by Gasteiger charge is 2.14. The van der Waals surface area contributed by atoms with Crippen molar-refractivity contribution in [2.75, 3.05) is 20.0 Å². The molecular formula is C7H12O4S2. The monoisotopic (exact) mass is 224 g/mol. The lowest BCUT2D eigenvalue weighted by atomic mass is 10.5. The Labute approximate surface area is 85.1 Å². The van der Waals surface area contributed by atoms with Crippen LogP contribution < -0.4 is 0 Å². The summed E-state index contributed by atoms with van der Waals surface area (Å²) >= 11 is 0. The average Bonchev–Trinajstić information content (AvgIpc) is 2.15. The molecule has 0 radical (unpaired) electrons. The van der Waals surface area contributed by atoms with E-state index in [1.165, 1.54) is 35.8 Å². The Morgan fingerprint density at radius 1 is 1.31 bits per heavy atom. The van der Waals surface area contributed by atoms with Crippen molar-refractivity contribution < 1.29 is 19.1 Å². The van der Waals surface area contributed by atoms with E-state index >= 15 is 0 Å². The van der Waals surface area contributed by atoms with E-state index < -0.39 is 0 Å². The zero-order chi connectivity index (χ0) is 10.3. The molecule has 0 rings (SSSR count). The van der Waals surface area contributed by atoms with Crippen molar-refractivity contribution in [2.45, 2.75) is 12.2 Å². The van der Waals surface area contributed by atoms with Crippen molar-refractivity contribution in [1.82, 2.24) is 0 Å². The lowest BCUT2D eigenvalue weighted by Gasteiger charge is -2.06. The first-order chi connectivity index (χ1) is 6.11. The number of ether oxygens (including phenoxy) is 2. The summed E-state index contributed by atoms with van der Waals surface area (Å²) in [5, 5.41) is -0.264. The maximum atomic E-state index is 10.9. The smallest absolute Gasteiger partial charge is 0.319 e. The summed E-state index contributed by atoms with van der Waals surface area (Å²) in [7, 11) is 5.24. The molecule has 76 valence electrons. The second kappa shape index (κ2) is 7.08. The van der Waals surface area contributed by atoms with Gasteiger partial charge in [-0.15, -0.1) is 0 Å². The van der Waals surface area contributed by atoms with Gasteiger partial charge in [0.15, 0.2) is 0 Å². The molecule has 0 fully saturated rings. The van der Waals surface area contributed by atoms with Gasteiger partial charge in [0, 0.05) is 0 Å². The van der Waals surface area contributed by atoms with Crippen LogP contribution in [-0.2, 0) is 19.1 Å². The summed E-state index contributed by atoms with van der Waals surface area (Å²) in [6, 6.07) is 0. The first kappa shape index (κ1) is 12.6. The third-order valence-electron chi connectivity index (χ3n) is 1.15. The first-order valence-electron chi connectivity index (χ1n) is 3.54. The van der Waals surface area contributed by atoms with Gasteiger partial charge in [0.2, 0.25) is 0 Å². The van der Waals surface area contributed by atoms with Crippen LogP contribution in [0.3, 0.4) is 0 Å². The Balaban J connectivity index is 3.53. The fourth-order valence-corrected chi connectivity index (χ4v) is 2.45. The standard InChI is InChI=1S/C7H12O4S2/c1-5(7(9)11-3)13-12-4-6(8)10-2/h5H,4H2,1-3H3. The lowest BCUT2D eigenvalue weighted by Crippen LogP contribution is -2.14. The van der Waals surface area contributed by atoms with Crippen LogP contribution in [0.4, 0.5) is 0 Å². The molecule has 0 aliphatic heterocycles. The number of carbonyl (C=O) groups is 2. The molecule has 0 aromatic carbocycles. The van der Waals surface area contributed by atoms with Crippen LogP contribution >= 0.6 is 21.6 Å². The van der Waals surface area contributed by atoms with Crippen LogP contribution in [0.1, 0.15) is 6.92 Å². The largest absolute Gasteiger partial charge is 0.468 e. The first-order valence-corrected chi connectivity index (χ1v) is 5.93. The van der Waals surface area contributed by atoms with Crippen molar-refractivity contribution in [3.8, 4) is 0 Å². The van der Waals surface area contributed by atoms with Crippen LogP contribution in [0.2, 0.25) is 0 Å².